The van der Waals surface area contributed by atoms with Gasteiger partial charge in [-0.3, -0.25) is 4.79 Å². The number of benzene rings is 1. The van der Waals surface area contributed by atoms with Crippen LogP contribution in [0.25, 0.3) is 0 Å². The van der Waals surface area contributed by atoms with Crippen LogP contribution in [0.4, 0.5) is 4.39 Å². The SMILES string of the molecule is CC(CO)CCCNC(=O)c1ccc(F)cc1Cl. The lowest BCUT2D eigenvalue weighted by Gasteiger charge is -2.09. The van der Waals surface area contributed by atoms with Crippen molar-refractivity contribution in [1.29, 1.82) is 0 Å². The van der Waals surface area contributed by atoms with Crippen LogP contribution in [0, 0.1) is 11.7 Å². The molecule has 0 radical (unpaired) electrons. The molecule has 0 aliphatic rings. The zero-order chi connectivity index (χ0) is 13.5. The monoisotopic (exact) mass is 273 g/mol. The Bertz CT molecular complexity index is 412. The number of amides is 1. The Morgan fingerprint density at radius 3 is 2.89 bits per heavy atom. The third kappa shape index (κ3) is 4.63. The minimum atomic E-state index is -0.465. The molecule has 3 nitrogen and oxygen atoms in total. The van der Waals surface area contributed by atoms with Crippen LogP contribution in [0.1, 0.15) is 30.1 Å². The third-order valence-electron chi connectivity index (χ3n) is 2.65. The lowest BCUT2D eigenvalue weighted by molar-refractivity contribution is 0.0952. The molecule has 1 aromatic rings. The molecule has 0 aromatic heterocycles. The molecule has 1 amide bonds. The van der Waals surface area contributed by atoms with Crippen molar-refractivity contribution in [3.05, 3.63) is 34.6 Å². The van der Waals surface area contributed by atoms with Gasteiger partial charge in [-0.15, -0.1) is 0 Å². The number of carbonyl (C=O) groups is 1. The fourth-order valence-corrected chi connectivity index (χ4v) is 1.77. The Morgan fingerprint density at radius 2 is 2.28 bits per heavy atom. The van der Waals surface area contributed by atoms with E-state index in [1.807, 2.05) is 6.92 Å². The van der Waals surface area contributed by atoms with Gasteiger partial charge >= 0.3 is 0 Å². The molecule has 0 aliphatic carbocycles. The summed E-state index contributed by atoms with van der Waals surface area (Å²) in [7, 11) is 0. The van der Waals surface area contributed by atoms with Gasteiger partial charge in [0, 0.05) is 13.2 Å². The van der Waals surface area contributed by atoms with Crippen LogP contribution in [0.15, 0.2) is 18.2 Å². The molecule has 0 spiro atoms. The van der Waals surface area contributed by atoms with E-state index in [1.165, 1.54) is 12.1 Å². The van der Waals surface area contributed by atoms with E-state index >= 15 is 0 Å². The Labute approximate surface area is 111 Å². The van der Waals surface area contributed by atoms with Crippen LogP contribution < -0.4 is 5.32 Å². The molecule has 1 aromatic carbocycles. The van der Waals surface area contributed by atoms with Gasteiger partial charge in [0.1, 0.15) is 5.82 Å². The van der Waals surface area contributed by atoms with Crippen molar-refractivity contribution in [1.82, 2.24) is 5.32 Å². The molecular weight excluding hydrogens is 257 g/mol. The number of hydrogen-bond donors (Lipinski definition) is 2. The Kier molecular flexibility index (Phi) is 6.09. The van der Waals surface area contributed by atoms with Gasteiger partial charge < -0.3 is 10.4 Å². The second kappa shape index (κ2) is 7.34. The first kappa shape index (κ1) is 14.9. The summed E-state index contributed by atoms with van der Waals surface area (Å²) in [5.74, 6) is -0.540. The summed E-state index contributed by atoms with van der Waals surface area (Å²) in [5.41, 5.74) is 0.272. The second-order valence-electron chi connectivity index (χ2n) is 4.31. The topological polar surface area (TPSA) is 49.3 Å². The van der Waals surface area contributed by atoms with E-state index in [-0.39, 0.29) is 29.0 Å². The zero-order valence-corrected chi connectivity index (χ0v) is 11.0. The molecular formula is C13H17ClFNO2. The maximum atomic E-state index is 12.8. The highest BCUT2D eigenvalue weighted by Crippen LogP contribution is 2.17. The van der Waals surface area contributed by atoms with E-state index in [2.05, 4.69) is 5.32 Å². The number of nitrogens with one attached hydrogen (secondary N) is 1. The van der Waals surface area contributed by atoms with E-state index in [9.17, 15) is 9.18 Å². The fraction of sp³-hybridized carbons (Fsp3) is 0.462. The van der Waals surface area contributed by atoms with Crippen molar-refractivity contribution in [2.45, 2.75) is 19.8 Å². The number of aliphatic hydroxyl groups excluding tert-OH is 1. The first-order chi connectivity index (χ1) is 8.54. The van der Waals surface area contributed by atoms with E-state index < -0.39 is 5.82 Å². The van der Waals surface area contributed by atoms with Gasteiger partial charge in [-0.25, -0.2) is 4.39 Å². The normalized spacial score (nSPS) is 12.2. The highest BCUT2D eigenvalue weighted by molar-refractivity contribution is 6.33. The van der Waals surface area contributed by atoms with E-state index in [0.717, 1.165) is 18.9 Å². The summed E-state index contributed by atoms with van der Waals surface area (Å²) in [5, 5.41) is 11.7. The summed E-state index contributed by atoms with van der Waals surface area (Å²) in [6.45, 7) is 2.60. The van der Waals surface area contributed by atoms with Crippen LogP contribution >= 0.6 is 11.6 Å². The summed E-state index contributed by atoms with van der Waals surface area (Å²) >= 11 is 5.78. The first-order valence-corrected chi connectivity index (χ1v) is 6.26. The van der Waals surface area contributed by atoms with Crippen molar-refractivity contribution in [3.63, 3.8) is 0 Å². The lowest BCUT2D eigenvalue weighted by atomic mass is 10.1. The van der Waals surface area contributed by atoms with Gasteiger partial charge in [0.15, 0.2) is 0 Å². The van der Waals surface area contributed by atoms with Crippen molar-refractivity contribution in [2.75, 3.05) is 13.2 Å². The highest BCUT2D eigenvalue weighted by atomic mass is 35.5. The third-order valence-corrected chi connectivity index (χ3v) is 2.96. The van der Waals surface area contributed by atoms with Gasteiger partial charge in [0.05, 0.1) is 10.6 Å². The second-order valence-corrected chi connectivity index (χ2v) is 4.72. The van der Waals surface area contributed by atoms with E-state index in [1.54, 1.807) is 0 Å². The minimum Gasteiger partial charge on any atom is -0.396 e. The number of rotatable bonds is 6. The van der Waals surface area contributed by atoms with Crippen LogP contribution in [0.3, 0.4) is 0 Å². The van der Waals surface area contributed by atoms with Crippen LogP contribution in [-0.2, 0) is 0 Å². The lowest BCUT2D eigenvalue weighted by Crippen LogP contribution is -2.25. The summed E-state index contributed by atoms with van der Waals surface area (Å²) in [6.07, 6.45) is 1.63. The van der Waals surface area contributed by atoms with Crippen LogP contribution in [-0.4, -0.2) is 24.2 Å². The molecule has 0 bridgehead atoms. The number of carbonyl (C=O) groups excluding carboxylic acids is 1. The molecule has 1 unspecified atom stereocenters. The highest BCUT2D eigenvalue weighted by Gasteiger charge is 2.10. The predicted molar refractivity (Wildman–Crippen MR) is 69.2 cm³/mol. The van der Waals surface area contributed by atoms with Crippen molar-refractivity contribution < 1.29 is 14.3 Å². The van der Waals surface area contributed by atoms with Crippen molar-refractivity contribution >= 4 is 17.5 Å². The Hall–Kier alpha value is -1.13. The molecule has 0 saturated heterocycles. The van der Waals surface area contributed by atoms with E-state index in [0.29, 0.717) is 6.54 Å². The van der Waals surface area contributed by atoms with Crippen molar-refractivity contribution in [3.8, 4) is 0 Å². The van der Waals surface area contributed by atoms with Gasteiger partial charge in [0.25, 0.3) is 5.91 Å². The van der Waals surface area contributed by atoms with Crippen LogP contribution in [0.5, 0.6) is 0 Å². The predicted octanol–water partition coefficient (Wildman–Crippen LogP) is 2.62. The van der Waals surface area contributed by atoms with Gasteiger partial charge in [-0.2, -0.15) is 0 Å². The standard InChI is InChI=1S/C13H17ClFNO2/c1-9(8-17)3-2-6-16-13(18)11-5-4-10(15)7-12(11)14/h4-5,7,9,17H,2-3,6,8H2,1H3,(H,16,18). The number of hydrogen-bond acceptors (Lipinski definition) is 2. The van der Waals surface area contributed by atoms with Gasteiger partial charge in [0.2, 0.25) is 0 Å². The number of aliphatic hydroxyl groups is 1. The maximum absolute atomic E-state index is 12.8. The minimum absolute atomic E-state index is 0.108. The molecule has 1 rings (SSSR count). The van der Waals surface area contributed by atoms with E-state index in [4.69, 9.17) is 16.7 Å². The summed E-state index contributed by atoms with van der Waals surface area (Å²) < 4.78 is 12.8. The number of halogens is 2. The summed E-state index contributed by atoms with van der Waals surface area (Å²) in [6, 6.07) is 3.68. The first-order valence-electron chi connectivity index (χ1n) is 5.88. The van der Waals surface area contributed by atoms with Gasteiger partial charge in [-0.1, -0.05) is 18.5 Å². The smallest absolute Gasteiger partial charge is 0.252 e. The Balaban J connectivity index is 2.41. The molecule has 5 heteroatoms. The maximum Gasteiger partial charge on any atom is 0.252 e. The molecule has 0 saturated carbocycles. The molecule has 0 heterocycles. The molecule has 100 valence electrons. The molecule has 1 atom stereocenters. The van der Waals surface area contributed by atoms with Crippen molar-refractivity contribution in [2.24, 2.45) is 5.92 Å². The summed E-state index contributed by atoms with van der Waals surface area (Å²) in [4.78, 5) is 11.7. The average Bonchev–Trinajstić information content (AvgIpc) is 2.34. The molecule has 0 aliphatic heterocycles. The van der Waals surface area contributed by atoms with Crippen LogP contribution in [0.2, 0.25) is 5.02 Å². The Morgan fingerprint density at radius 1 is 1.56 bits per heavy atom. The molecule has 18 heavy (non-hydrogen) atoms. The fourth-order valence-electron chi connectivity index (χ4n) is 1.51. The molecule has 2 N–H and O–H groups in total. The van der Waals surface area contributed by atoms with Gasteiger partial charge in [-0.05, 0) is 37.0 Å². The average molecular weight is 274 g/mol. The zero-order valence-electron chi connectivity index (χ0n) is 10.2. The largest absolute Gasteiger partial charge is 0.396 e. The molecule has 0 fully saturated rings. The quantitative estimate of drug-likeness (QED) is 0.783.